The number of hydrogen-bond donors (Lipinski definition) is 7. The van der Waals surface area contributed by atoms with Crippen LogP contribution in [0.1, 0.15) is 32.1 Å². The molecule has 0 fully saturated rings. The topological polar surface area (TPSA) is 176 Å². The van der Waals surface area contributed by atoms with E-state index in [9.17, 15) is 33.6 Å². The average molecular weight is 573 g/mol. The van der Waals surface area contributed by atoms with E-state index in [0.29, 0.717) is 24.8 Å². The molecular weight excluding hydrogens is 536 g/mol. The summed E-state index contributed by atoms with van der Waals surface area (Å²) in [6.45, 7) is -0.288. The van der Waals surface area contributed by atoms with Gasteiger partial charge in [0.1, 0.15) is 18.3 Å². The molecule has 0 aliphatic heterocycles. The van der Waals surface area contributed by atoms with Gasteiger partial charge >= 0.3 is 0 Å². The van der Waals surface area contributed by atoms with Gasteiger partial charge in [-0.15, -0.1) is 0 Å². The van der Waals surface area contributed by atoms with Gasteiger partial charge in [0.05, 0.1) is 11.5 Å². The summed E-state index contributed by atoms with van der Waals surface area (Å²) in [6.07, 6.45) is -3.83. The molecule has 0 aliphatic carbocycles. The number of nitrogens with one attached hydrogen (secondary N) is 2. The van der Waals surface area contributed by atoms with Crippen LogP contribution in [-0.4, -0.2) is 84.0 Å². The minimum absolute atomic E-state index is 0.239. The number of aliphatic hydroxyl groups excluding tert-OH is 5. The highest BCUT2D eigenvalue weighted by Gasteiger charge is 2.33. The van der Waals surface area contributed by atoms with Gasteiger partial charge in [0.15, 0.2) is 6.10 Å². The van der Waals surface area contributed by atoms with Gasteiger partial charge in [-0.2, -0.15) is 0 Å². The number of unbranched alkanes of at least 4 members (excludes halogenated alkanes) is 4. The molecule has 7 N–H and O–H groups in total. The average Bonchev–Trinajstić information content (AvgIpc) is 2.97. The molecule has 0 spiro atoms. The van der Waals surface area contributed by atoms with Crippen LogP contribution in [0.4, 0.5) is 0 Å². The van der Waals surface area contributed by atoms with E-state index in [1.165, 1.54) is 0 Å². The van der Waals surface area contributed by atoms with Crippen LogP contribution in [0.25, 0.3) is 32.3 Å². The normalized spacial score (nSPS) is 15.4. The number of rotatable bonds is 15. The molecule has 0 aromatic heterocycles. The molecule has 0 heterocycles. The van der Waals surface area contributed by atoms with Gasteiger partial charge in [-0.05, 0) is 45.8 Å². The number of aliphatic hydroxyl groups is 5. The van der Waals surface area contributed by atoms with Gasteiger partial charge in [0, 0.05) is 18.5 Å². The number of amides is 1. The molecule has 4 atom stereocenters. The Labute approximate surface area is 232 Å². The minimum Gasteiger partial charge on any atom is -0.394 e. The smallest absolute Gasteiger partial charge is 0.251 e. The number of sulfonamides is 1. The summed E-state index contributed by atoms with van der Waals surface area (Å²) in [4.78, 5) is 12.2. The van der Waals surface area contributed by atoms with E-state index < -0.39 is 47.0 Å². The lowest BCUT2D eigenvalue weighted by atomic mass is 9.94. The van der Waals surface area contributed by atoms with Gasteiger partial charge in [-0.25, -0.2) is 13.1 Å². The third-order valence-corrected chi connectivity index (χ3v) is 8.77. The molecule has 4 aromatic carbocycles. The SMILES string of the molecule is O=C(NCCCCCCCNS(=O)(=O)c1ccc2ccc3cccc4ccc1c2c34)[C@H](O)[C@@H](O)[C@H](O)[C@H](O)CO. The second kappa shape index (κ2) is 13.2. The molecule has 216 valence electrons. The zero-order valence-electron chi connectivity index (χ0n) is 22.0. The first-order valence-corrected chi connectivity index (χ1v) is 14.9. The fourth-order valence-electron chi connectivity index (χ4n) is 5.00. The lowest BCUT2D eigenvalue weighted by molar-refractivity contribution is -0.148. The van der Waals surface area contributed by atoms with E-state index in [2.05, 4.69) is 16.1 Å². The zero-order chi connectivity index (χ0) is 28.9. The standard InChI is InChI=1S/C29H36N2O8S/c32-17-22(33)26(34)27(35)28(36)29(37)30-15-4-2-1-3-5-16-31-40(38,39)23-14-12-20-10-9-18-7-6-8-19-11-13-21(23)25(20)24(18)19/h6-14,22,26-28,31-36H,1-5,15-17H2,(H,30,37)/t22-,26-,27+,28-/m1/s1. The van der Waals surface area contributed by atoms with Crippen molar-refractivity contribution in [3.05, 3.63) is 54.6 Å². The molecule has 11 heteroatoms. The van der Waals surface area contributed by atoms with E-state index in [1.54, 1.807) is 6.07 Å². The molecule has 0 saturated heterocycles. The lowest BCUT2D eigenvalue weighted by Crippen LogP contribution is -2.51. The Morgan fingerprint density at radius 2 is 1.30 bits per heavy atom. The van der Waals surface area contributed by atoms with E-state index in [4.69, 9.17) is 5.11 Å². The first-order valence-electron chi connectivity index (χ1n) is 13.4. The largest absolute Gasteiger partial charge is 0.394 e. The van der Waals surface area contributed by atoms with Crippen LogP contribution in [-0.2, 0) is 14.8 Å². The van der Waals surface area contributed by atoms with Crippen molar-refractivity contribution in [1.29, 1.82) is 0 Å². The van der Waals surface area contributed by atoms with Gasteiger partial charge in [-0.1, -0.05) is 67.8 Å². The Kier molecular flexibility index (Phi) is 9.90. The number of carbonyl (C=O) groups is 1. The molecule has 10 nitrogen and oxygen atoms in total. The molecule has 1 amide bonds. The summed E-state index contributed by atoms with van der Waals surface area (Å²) in [6, 6.07) is 17.5. The third-order valence-electron chi connectivity index (χ3n) is 7.25. The maximum Gasteiger partial charge on any atom is 0.251 e. The van der Waals surface area contributed by atoms with Crippen LogP contribution in [0.3, 0.4) is 0 Å². The molecule has 0 saturated carbocycles. The second-order valence-corrected chi connectivity index (χ2v) is 11.8. The molecular formula is C29H36N2O8S. The maximum absolute atomic E-state index is 13.2. The van der Waals surface area contributed by atoms with Gasteiger partial charge in [-0.3, -0.25) is 4.79 Å². The number of carbonyl (C=O) groups excluding carboxylic acids is 1. The molecule has 0 bridgehead atoms. The lowest BCUT2D eigenvalue weighted by Gasteiger charge is -2.24. The van der Waals surface area contributed by atoms with Gasteiger partial charge in [0.2, 0.25) is 10.0 Å². The van der Waals surface area contributed by atoms with Crippen molar-refractivity contribution >= 4 is 48.2 Å². The van der Waals surface area contributed by atoms with Crippen molar-refractivity contribution in [3.63, 3.8) is 0 Å². The first-order chi connectivity index (χ1) is 19.2. The summed E-state index contributed by atoms with van der Waals surface area (Å²) in [5, 5.41) is 55.6. The maximum atomic E-state index is 13.2. The molecule has 0 aliphatic rings. The van der Waals surface area contributed by atoms with Crippen LogP contribution in [0.5, 0.6) is 0 Å². The van der Waals surface area contributed by atoms with Crippen molar-refractivity contribution in [1.82, 2.24) is 10.0 Å². The predicted molar refractivity (Wildman–Crippen MR) is 153 cm³/mol. The summed E-state index contributed by atoms with van der Waals surface area (Å²) >= 11 is 0. The molecule has 4 aromatic rings. The van der Waals surface area contributed by atoms with Crippen molar-refractivity contribution < 1.29 is 38.7 Å². The summed E-state index contributed by atoms with van der Waals surface area (Å²) < 4.78 is 29.1. The van der Waals surface area contributed by atoms with Crippen LogP contribution < -0.4 is 10.0 Å². The first kappa shape index (κ1) is 30.1. The third kappa shape index (κ3) is 6.52. The van der Waals surface area contributed by atoms with E-state index in [0.717, 1.165) is 46.2 Å². The molecule has 0 radical (unpaired) electrons. The highest BCUT2D eigenvalue weighted by atomic mass is 32.2. The van der Waals surface area contributed by atoms with Crippen LogP contribution in [0.15, 0.2) is 59.5 Å². The highest BCUT2D eigenvalue weighted by Crippen LogP contribution is 2.37. The Morgan fingerprint density at radius 3 is 1.98 bits per heavy atom. The van der Waals surface area contributed by atoms with Crippen LogP contribution >= 0.6 is 0 Å². The van der Waals surface area contributed by atoms with Crippen LogP contribution in [0, 0.1) is 0 Å². The number of benzene rings is 4. The van der Waals surface area contributed by atoms with E-state index in [1.807, 2.05) is 42.5 Å². The highest BCUT2D eigenvalue weighted by molar-refractivity contribution is 7.89. The van der Waals surface area contributed by atoms with Crippen molar-refractivity contribution in [2.24, 2.45) is 0 Å². The predicted octanol–water partition coefficient (Wildman–Crippen LogP) is 1.36. The van der Waals surface area contributed by atoms with E-state index >= 15 is 0 Å². The molecule has 40 heavy (non-hydrogen) atoms. The van der Waals surface area contributed by atoms with Crippen molar-refractivity contribution in [2.75, 3.05) is 19.7 Å². The van der Waals surface area contributed by atoms with Crippen molar-refractivity contribution in [3.8, 4) is 0 Å². The van der Waals surface area contributed by atoms with Crippen molar-refractivity contribution in [2.45, 2.75) is 61.4 Å². The molecule has 4 rings (SSSR count). The minimum atomic E-state index is -3.71. The fraction of sp³-hybridized carbons (Fsp3) is 0.414. The quantitative estimate of drug-likeness (QED) is 0.0825. The Hall–Kier alpha value is -2.90. The van der Waals surface area contributed by atoms with E-state index in [-0.39, 0.29) is 11.4 Å². The van der Waals surface area contributed by atoms with Crippen LogP contribution in [0.2, 0.25) is 0 Å². The van der Waals surface area contributed by atoms with Gasteiger partial charge in [0.25, 0.3) is 5.91 Å². The summed E-state index contributed by atoms with van der Waals surface area (Å²) in [5.41, 5.74) is 0. The Morgan fingerprint density at radius 1 is 0.725 bits per heavy atom. The molecule has 0 unspecified atom stereocenters. The summed E-state index contributed by atoms with van der Waals surface area (Å²) in [5.74, 6) is -0.891. The zero-order valence-corrected chi connectivity index (χ0v) is 22.8. The fourth-order valence-corrected chi connectivity index (χ4v) is 6.28. The Balaban J connectivity index is 1.21. The second-order valence-electron chi connectivity index (χ2n) is 10.1. The Bertz CT molecular complexity index is 1530. The number of hydrogen-bond acceptors (Lipinski definition) is 8. The summed E-state index contributed by atoms with van der Waals surface area (Å²) in [7, 11) is -3.71. The van der Waals surface area contributed by atoms with Gasteiger partial charge < -0.3 is 30.8 Å². The monoisotopic (exact) mass is 572 g/mol.